The van der Waals surface area contributed by atoms with Gasteiger partial charge in [0.2, 0.25) is 0 Å². The van der Waals surface area contributed by atoms with E-state index in [0.717, 1.165) is 17.0 Å². The first-order valence-electron chi connectivity index (χ1n) is 6.71. The highest BCUT2D eigenvalue weighted by Crippen LogP contribution is 2.22. The van der Waals surface area contributed by atoms with Gasteiger partial charge in [0.15, 0.2) is 0 Å². The van der Waals surface area contributed by atoms with Gasteiger partial charge in [-0.25, -0.2) is 0 Å². The van der Waals surface area contributed by atoms with Crippen LogP contribution in [0.1, 0.15) is 30.5 Å². The molecular weight excluding hydrogens is 266 g/mol. The highest BCUT2D eigenvalue weighted by atomic mass is 35.5. The highest BCUT2D eigenvalue weighted by molar-refractivity contribution is 6.29. The summed E-state index contributed by atoms with van der Waals surface area (Å²) >= 11 is 5.94. The first-order valence-corrected chi connectivity index (χ1v) is 7.09. The van der Waals surface area contributed by atoms with E-state index < -0.39 is 0 Å². The lowest BCUT2D eigenvalue weighted by atomic mass is 10.0. The summed E-state index contributed by atoms with van der Waals surface area (Å²) in [7, 11) is 0. The number of rotatable bonds is 5. The van der Waals surface area contributed by atoms with E-state index in [2.05, 4.69) is 12.1 Å². The Hall–Kier alpha value is -1.86. The fourth-order valence-corrected chi connectivity index (χ4v) is 2.04. The smallest absolute Gasteiger partial charge is 0.0784 e. The predicted molar refractivity (Wildman–Crippen MR) is 87.4 cm³/mol. The van der Waals surface area contributed by atoms with Gasteiger partial charge >= 0.3 is 0 Å². The molecule has 2 aromatic carbocycles. The molecule has 0 aliphatic heterocycles. The standard InChI is InChI=1S/C18H18ClN/c1-15(19)12-13-18(17-10-6-3-7-11-17)20-14-16-8-4-2-5-9-16/h2-12,14,18H,13H2,1H3/b15-12-,20-14?. The monoisotopic (exact) mass is 283 g/mol. The average molecular weight is 284 g/mol. The van der Waals surface area contributed by atoms with Crippen LogP contribution in [0, 0.1) is 0 Å². The zero-order chi connectivity index (χ0) is 14.2. The lowest BCUT2D eigenvalue weighted by Crippen LogP contribution is -1.95. The van der Waals surface area contributed by atoms with Gasteiger partial charge in [-0.2, -0.15) is 0 Å². The van der Waals surface area contributed by atoms with E-state index in [4.69, 9.17) is 16.6 Å². The van der Waals surface area contributed by atoms with E-state index >= 15 is 0 Å². The van der Waals surface area contributed by atoms with Gasteiger partial charge in [-0.3, -0.25) is 4.99 Å². The summed E-state index contributed by atoms with van der Waals surface area (Å²) in [6.45, 7) is 1.89. The van der Waals surface area contributed by atoms with E-state index in [-0.39, 0.29) is 6.04 Å². The summed E-state index contributed by atoms with van der Waals surface area (Å²) in [6.07, 6.45) is 4.75. The quantitative estimate of drug-likeness (QED) is 0.653. The topological polar surface area (TPSA) is 12.4 Å². The Morgan fingerprint density at radius 1 is 1.05 bits per heavy atom. The Balaban J connectivity index is 2.19. The maximum Gasteiger partial charge on any atom is 0.0784 e. The Bertz CT molecular complexity index is 569. The molecular formula is C18H18ClN. The van der Waals surface area contributed by atoms with Gasteiger partial charge in [-0.05, 0) is 24.5 Å². The lowest BCUT2D eigenvalue weighted by Gasteiger charge is -2.10. The lowest BCUT2D eigenvalue weighted by molar-refractivity contribution is 0.746. The molecule has 0 saturated heterocycles. The second kappa shape index (κ2) is 7.66. The Labute approximate surface area is 125 Å². The summed E-state index contributed by atoms with van der Waals surface area (Å²) in [5.74, 6) is 0. The Morgan fingerprint density at radius 2 is 1.65 bits per heavy atom. The van der Waals surface area contributed by atoms with Gasteiger partial charge in [-0.1, -0.05) is 78.3 Å². The molecule has 0 N–H and O–H groups in total. The van der Waals surface area contributed by atoms with Crippen LogP contribution in [0.3, 0.4) is 0 Å². The van der Waals surface area contributed by atoms with Crippen molar-refractivity contribution >= 4 is 17.8 Å². The number of benzene rings is 2. The zero-order valence-corrected chi connectivity index (χ0v) is 12.3. The molecule has 1 atom stereocenters. The van der Waals surface area contributed by atoms with Gasteiger partial charge < -0.3 is 0 Å². The number of allylic oxidation sites excluding steroid dienone is 1. The van der Waals surface area contributed by atoms with Crippen molar-refractivity contribution in [1.82, 2.24) is 0 Å². The Kier molecular flexibility index (Phi) is 5.57. The fraction of sp³-hybridized carbons (Fsp3) is 0.167. The molecule has 0 saturated carbocycles. The number of halogens is 1. The van der Waals surface area contributed by atoms with Crippen LogP contribution >= 0.6 is 11.6 Å². The van der Waals surface area contributed by atoms with Gasteiger partial charge in [-0.15, -0.1) is 0 Å². The van der Waals surface area contributed by atoms with E-state index in [0.29, 0.717) is 0 Å². The van der Waals surface area contributed by atoms with Gasteiger partial charge in [0, 0.05) is 11.2 Å². The number of aliphatic imine (C=N–C) groups is 1. The van der Waals surface area contributed by atoms with Crippen molar-refractivity contribution in [3.05, 3.63) is 82.9 Å². The summed E-state index contributed by atoms with van der Waals surface area (Å²) in [5.41, 5.74) is 2.31. The minimum absolute atomic E-state index is 0.102. The van der Waals surface area contributed by atoms with Crippen LogP contribution in [-0.2, 0) is 0 Å². The molecule has 1 unspecified atom stereocenters. The van der Waals surface area contributed by atoms with Crippen LogP contribution in [0.5, 0.6) is 0 Å². The normalized spacial score (nSPS) is 13.6. The van der Waals surface area contributed by atoms with Gasteiger partial charge in [0.25, 0.3) is 0 Å². The third-order valence-corrected chi connectivity index (χ3v) is 3.16. The summed E-state index contributed by atoms with van der Waals surface area (Å²) < 4.78 is 0. The van der Waals surface area contributed by atoms with E-state index in [9.17, 15) is 0 Å². The third kappa shape index (κ3) is 4.67. The van der Waals surface area contributed by atoms with E-state index in [1.54, 1.807) is 0 Å². The highest BCUT2D eigenvalue weighted by Gasteiger charge is 2.07. The van der Waals surface area contributed by atoms with Crippen molar-refractivity contribution < 1.29 is 0 Å². The number of hydrogen-bond donors (Lipinski definition) is 0. The van der Waals surface area contributed by atoms with Crippen molar-refractivity contribution in [1.29, 1.82) is 0 Å². The number of hydrogen-bond acceptors (Lipinski definition) is 1. The van der Waals surface area contributed by atoms with Gasteiger partial charge in [0.05, 0.1) is 6.04 Å². The molecule has 2 rings (SSSR count). The molecule has 0 amide bonds. The predicted octanol–water partition coefficient (Wildman–Crippen LogP) is 5.38. The van der Waals surface area contributed by atoms with Crippen LogP contribution in [0.4, 0.5) is 0 Å². The minimum atomic E-state index is 0.102. The van der Waals surface area contributed by atoms with Crippen LogP contribution in [0.25, 0.3) is 0 Å². The third-order valence-electron chi connectivity index (χ3n) is 3.01. The van der Waals surface area contributed by atoms with Crippen LogP contribution in [0.2, 0.25) is 0 Å². The minimum Gasteiger partial charge on any atom is -0.284 e. The second-order valence-electron chi connectivity index (χ2n) is 4.64. The molecule has 0 spiro atoms. The maximum absolute atomic E-state index is 5.94. The SMILES string of the molecule is C/C(Cl)=C/CC(N=Cc1ccccc1)c1ccccc1. The van der Waals surface area contributed by atoms with Crippen molar-refractivity contribution in [3.63, 3.8) is 0 Å². The molecule has 0 aromatic heterocycles. The molecule has 0 aliphatic carbocycles. The second-order valence-corrected chi connectivity index (χ2v) is 5.24. The maximum atomic E-state index is 5.94. The number of nitrogens with zero attached hydrogens (tertiary/aromatic N) is 1. The van der Waals surface area contributed by atoms with Crippen molar-refractivity contribution in [3.8, 4) is 0 Å². The molecule has 0 heterocycles. The molecule has 20 heavy (non-hydrogen) atoms. The van der Waals surface area contributed by atoms with Crippen LogP contribution in [-0.4, -0.2) is 6.21 Å². The zero-order valence-electron chi connectivity index (χ0n) is 11.5. The molecule has 2 heteroatoms. The van der Waals surface area contributed by atoms with E-state index in [1.807, 2.05) is 67.7 Å². The van der Waals surface area contributed by atoms with Crippen molar-refractivity contribution in [2.24, 2.45) is 4.99 Å². The Morgan fingerprint density at radius 3 is 2.25 bits per heavy atom. The van der Waals surface area contributed by atoms with E-state index in [1.165, 1.54) is 5.56 Å². The molecule has 1 nitrogen and oxygen atoms in total. The van der Waals surface area contributed by atoms with Crippen LogP contribution < -0.4 is 0 Å². The first-order chi connectivity index (χ1) is 9.75. The summed E-state index contributed by atoms with van der Waals surface area (Å²) in [6, 6.07) is 20.5. The molecule has 0 radical (unpaired) electrons. The molecule has 102 valence electrons. The largest absolute Gasteiger partial charge is 0.284 e. The van der Waals surface area contributed by atoms with Crippen molar-refractivity contribution in [2.75, 3.05) is 0 Å². The van der Waals surface area contributed by atoms with Gasteiger partial charge in [0.1, 0.15) is 0 Å². The van der Waals surface area contributed by atoms with Crippen LogP contribution in [0.15, 0.2) is 76.8 Å². The van der Waals surface area contributed by atoms with Crippen molar-refractivity contribution in [2.45, 2.75) is 19.4 Å². The summed E-state index contributed by atoms with van der Waals surface area (Å²) in [5, 5.41) is 0.806. The molecule has 0 aliphatic rings. The first kappa shape index (κ1) is 14.5. The molecule has 0 bridgehead atoms. The molecule has 0 fully saturated rings. The average Bonchev–Trinajstić information content (AvgIpc) is 2.49. The summed E-state index contributed by atoms with van der Waals surface area (Å²) in [4.78, 5) is 4.71. The molecule has 2 aromatic rings. The fourth-order valence-electron chi connectivity index (χ4n) is 1.95.